The van der Waals surface area contributed by atoms with Crippen molar-refractivity contribution in [2.45, 2.75) is 0 Å². The maximum absolute atomic E-state index is 11.9. The molecule has 0 bridgehead atoms. The van der Waals surface area contributed by atoms with Crippen LogP contribution in [0.25, 0.3) is 0 Å². The first kappa shape index (κ1) is 10.7. The van der Waals surface area contributed by atoms with E-state index in [1.165, 1.54) is 0 Å². The third kappa shape index (κ3) is 1.91. The lowest BCUT2D eigenvalue weighted by molar-refractivity contribution is 0.197. The summed E-state index contributed by atoms with van der Waals surface area (Å²) in [5.74, 6) is 0.777. The number of benzene rings is 1. The zero-order valence-corrected chi connectivity index (χ0v) is 9.55. The van der Waals surface area contributed by atoms with Crippen molar-refractivity contribution in [3.05, 3.63) is 35.9 Å². The number of carbonyl (C=O) groups excluding carboxylic acids is 1. The zero-order valence-electron chi connectivity index (χ0n) is 9.55. The van der Waals surface area contributed by atoms with Gasteiger partial charge in [-0.05, 0) is 0 Å². The molecule has 4 nitrogen and oxygen atoms in total. The van der Waals surface area contributed by atoms with Crippen molar-refractivity contribution in [3.8, 4) is 0 Å². The van der Waals surface area contributed by atoms with Crippen LogP contribution in [0.4, 0.5) is 4.79 Å². The second kappa shape index (κ2) is 4.35. The van der Waals surface area contributed by atoms with Crippen LogP contribution >= 0.6 is 0 Å². The van der Waals surface area contributed by atoms with Gasteiger partial charge in [-0.1, -0.05) is 30.3 Å². The summed E-state index contributed by atoms with van der Waals surface area (Å²) in [4.78, 5) is 19.6. The monoisotopic (exact) mass is 217 g/mol. The number of hydrogen-bond acceptors (Lipinski definition) is 2. The summed E-state index contributed by atoms with van der Waals surface area (Å²) in [5.41, 5.74) is 0.996. The Labute approximate surface area is 95.2 Å². The van der Waals surface area contributed by atoms with Crippen molar-refractivity contribution < 1.29 is 4.79 Å². The number of urea groups is 1. The van der Waals surface area contributed by atoms with Crippen LogP contribution in [0.15, 0.2) is 35.3 Å². The minimum atomic E-state index is -0.0138. The fourth-order valence-corrected chi connectivity index (χ4v) is 1.71. The van der Waals surface area contributed by atoms with Gasteiger partial charge in [0.25, 0.3) is 0 Å². The predicted molar refractivity (Wildman–Crippen MR) is 63.6 cm³/mol. The van der Waals surface area contributed by atoms with Crippen LogP contribution in [0.3, 0.4) is 0 Å². The Morgan fingerprint density at radius 1 is 1.31 bits per heavy atom. The summed E-state index contributed by atoms with van der Waals surface area (Å²) in [5, 5.41) is 0. The molecule has 84 valence electrons. The fourth-order valence-electron chi connectivity index (χ4n) is 1.71. The molecule has 0 radical (unpaired) electrons. The zero-order chi connectivity index (χ0) is 11.5. The summed E-state index contributed by atoms with van der Waals surface area (Å²) in [6.45, 7) is 1.35. The number of amides is 2. The average molecular weight is 217 g/mol. The highest BCUT2D eigenvalue weighted by Crippen LogP contribution is 2.12. The number of hydrogen-bond donors (Lipinski definition) is 0. The number of carbonyl (C=O) groups is 1. The number of nitrogens with zero attached hydrogens (tertiary/aromatic N) is 3. The highest BCUT2D eigenvalue weighted by atomic mass is 16.2. The molecule has 1 aromatic rings. The topological polar surface area (TPSA) is 35.9 Å². The standard InChI is InChI=1S/C12H15N3O/c1-14(2)12(16)15-9-8-13-11(15)10-6-4-3-5-7-10/h3-7H,8-9H2,1-2H3. The van der Waals surface area contributed by atoms with Gasteiger partial charge >= 0.3 is 6.03 Å². The van der Waals surface area contributed by atoms with E-state index in [2.05, 4.69) is 4.99 Å². The summed E-state index contributed by atoms with van der Waals surface area (Å²) in [7, 11) is 3.51. The van der Waals surface area contributed by atoms with Crippen molar-refractivity contribution in [2.24, 2.45) is 4.99 Å². The summed E-state index contributed by atoms with van der Waals surface area (Å²) >= 11 is 0. The molecule has 0 aromatic heterocycles. The van der Waals surface area contributed by atoms with E-state index in [0.29, 0.717) is 13.1 Å². The second-order valence-corrected chi connectivity index (χ2v) is 3.90. The molecular formula is C12H15N3O. The van der Waals surface area contributed by atoms with Crippen LogP contribution in [0.2, 0.25) is 0 Å². The van der Waals surface area contributed by atoms with Gasteiger partial charge in [-0.15, -0.1) is 0 Å². The van der Waals surface area contributed by atoms with Gasteiger partial charge in [0.15, 0.2) is 0 Å². The van der Waals surface area contributed by atoms with E-state index in [1.54, 1.807) is 23.9 Å². The largest absolute Gasteiger partial charge is 0.330 e. The maximum atomic E-state index is 11.9. The van der Waals surface area contributed by atoms with Gasteiger partial charge in [0.2, 0.25) is 0 Å². The lowest BCUT2D eigenvalue weighted by Crippen LogP contribution is -2.41. The Morgan fingerprint density at radius 2 is 2.00 bits per heavy atom. The number of aliphatic imine (C=N–C) groups is 1. The van der Waals surface area contributed by atoms with E-state index in [4.69, 9.17) is 0 Å². The predicted octanol–water partition coefficient (Wildman–Crippen LogP) is 1.43. The Morgan fingerprint density at radius 3 is 2.62 bits per heavy atom. The Hall–Kier alpha value is -1.84. The Balaban J connectivity index is 2.25. The van der Waals surface area contributed by atoms with E-state index in [9.17, 15) is 4.79 Å². The molecule has 0 saturated carbocycles. The van der Waals surface area contributed by atoms with Crippen molar-refractivity contribution >= 4 is 11.9 Å². The molecular weight excluding hydrogens is 202 g/mol. The molecule has 1 aliphatic rings. The lowest BCUT2D eigenvalue weighted by atomic mass is 10.2. The van der Waals surface area contributed by atoms with Crippen LogP contribution < -0.4 is 0 Å². The molecule has 0 saturated heterocycles. The van der Waals surface area contributed by atoms with Crippen LogP contribution in [-0.2, 0) is 0 Å². The summed E-state index contributed by atoms with van der Waals surface area (Å²) < 4.78 is 0. The van der Waals surface area contributed by atoms with Gasteiger partial charge in [0.05, 0.1) is 6.54 Å². The molecule has 1 aliphatic heterocycles. The molecule has 1 aromatic carbocycles. The molecule has 16 heavy (non-hydrogen) atoms. The van der Waals surface area contributed by atoms with Crippen molar-refractivity contribution in [1.82, 2.24) is 9.80 Å². The minimum absolute atomic E-state index is 0.0138. The van der Waals surface area contributed by atoms with Crippen LogP contribution in [0.1, 0.15) is 5.56 Å². The lowest BCUT2D eigenvalue weighted by Gasteiger charge is -2.22. The smallest absolute Gasteiger partial charge is 0.325 e. The molecule has 0 N–H and O–H groups in total. The first-order valence-electron chi connectivity index (χ1n) is 5.29. The first-order chi connectivity index (χ1) is 7.70. The molecule has 0 unspecified atom stereocenters. The van der Waals surface area contributed by atoms with Gasteiger partial charge in [0, 0.05) is 26.2 Å². The summed E-state index contributed by atoms with van der Waals surface area (Å²) in [6.07, 6.45) is 0. The maximum Gasteiger partial charge on any atom is 0.325 e. The highest BCUT2D eigenvalue weighted by Gasteiger charge is 2.25. The van der Waals surface area contributed by atoms with Gasteiger partial charge in [-0.3, -0.25) is 9.89 Å². The fraction of sp³-hybridized carbons (Fsp3) is 0.333. The summed E-state index contributed by atoms with van der Waals surface area (Å²) in [6, 6.07) is 9.79. The van der Waals surface area contributed by atoms with Gasteiger partial charge < -0.3 is 4.90 Å². The third-order valence-corrected chi connectivity index (χ3v) is 2.49. The van der Waals surface area contributed by atoms with Crippen molar-refractivity contribution in [2.75, 3.05) is 27.2 Å². The highest BCUT2D eigenvalue weighted by molar-refractivity contribution is 6.08. The van der Waals surface area contributed by atoms with Crippen molar-refractivity contribution in [3.63, 3.8) is 0 Å². The van der Waals surface area contributed by atoms with Gasteiger partial charge in [-0.25, -0.2) is 4.79 Å². The molecule has 0 atom stereocenters. The average Bonchev–Trinajstić information content (AvgIpc) is 2.77. The first-order valence-corrected chi connectivity index (χ1v) is 5.29. The van der Waals surface area contributed by atoms with E-state index in [-0.39, 0.29) is 6.03 Å². The van der Waals surface area contributed by atoms with Crippen LogP contribution in [0.5, 0.6) is 0 Å². The molecule has 0 fully saturated rings. The van der Waals surface area contributed by atoms with Crippen molar-refractivity contribution in [1.29, 1.82) is 0 Å². The number of amidine groups is 1. The minimum Gasteiger partial charge on any atom is -0.330 e. The third-order valence-electron chi connectivity index (χ3n) is 2.49. The van der Waals surface area contributed by atoms with Gasteiger partial charge in [-0.2, -0.15) is 0 Å². The normalized spacial score (nSPS) is 14.9. The molecule has 0 spiro atoms. The molecule has 4 heteroatoms. The van der Waals surface area contributed by atoms with E-state index >= 15 is 0 Å². The van der Waals surface area contributed by atoms with E-state index in [0.717, 1.165) is 11.4 Å². The molecule has 2 rings (SSSR count). The molecule has 2 amide bonds. The second-order valence-electron chi connectivity index (χ2n) is 3.90. The van der Waals surface area contributed by atoms with Crippen LogP contribution in [-0.4, -0.2) is 48.9 Å². The number of rotatable bonds is 1. The van der Waals surface area contributed by atoms with Crippen LogP contribution in [0, 0.1) is 0 Å². The molecule has 1 heterocycles. The quantitative estimate of drug-likeness (QED) is 0.701. The Kier molecular flexibility index (Phi) is 2.90. The van der Waals surface area contributed by atoms with E-state index < -0.39 is 0 Å². The van der Waals surface area contributed by atoms with E-state index in [1.807, 2.05) is 30.3 Å². The molecule has 0 aliphatic carbocycles. The van der Waals surface area contributed by atoms with Gasteiger partial charge in [0.1, 0.15) is 5.84 Å². The SMILES string of the molecule is CN(C)C(=O)N1CCN=C1c1ccccc1. The Bertz CT molecular complexity index is 412.